The van der Waals surface area contributed by atoms with Crippen molar-refractivity contribution in [3.8, 4) is 0 Å². The molecule has 40 heavy (non-hydrogen) atoms. The zero-order valence-corrected chi connectivity index (χ0v) is 24.2. The van der Waals surface area contributed by atoms with Crippen molar-refractivity contribution >= 4 is 23.7 Å². The Bertz CT molecular complexity index is 905. The summed E-state index contributed by atoms with van der Waals surface area (Å²) in [5, 5.41) is 29.2. The molecule has 5 atom stereocenters. The van der Waals surface area contributed by atoms with Crippen molar-refractivity contribution in [3.63, 3.8) is 0 Å². The molecule has 1 saturated heterocycles. The first kappa shape index (κ1) is 30.8. The largest absolute Gasteiger partial charge is 0.479 e. The summed E-state index contributed by atoms with van der Waals surface area (Å²) in [7, 11) is 0. The van der Waals surface area contributed by atoms with Crippen molar-refractivity contribution in [1.29, 1.82) is 0 Å². The highest BCUT2D eigenvalue weighted by Crippen LogP contribution is 2.47. The van der Waals surface area contributed by atoms with Crippen molar-refractivity contribution < 1.29 is 29.4 Å². The molecule has 0 aromatic rings. The molecule has 1 aliphatic heterocycles. The number of hydrogen-bond acceptors (Lipinski definition) is 6. The molecule has 5 N–H and O–H groups in total. The molecule has 0 aromatic heterocycles. The second-order valence-corrected chi connectivity index (χ2v) is 12.7. The number of nitrogens with one attached hydrogen (secondary N) is 3. The summed E-state index contributed by atoms with van der Waals surface area (Å²) in [5.74, 6) is -1.07. The van der Waals surface area contributed by atoms with Gasteiger partial charge in [-0.2, -0.15) is 0 Å². The van der Waals surface area contributed by atoms with Crippen LogP contribution in [-0.4, -0.2) is 75.7 Å². The summed E-state index contributed by atoms with van der Waals surface area (Å²) in [6.45, 7) is 2.55. The number of aliphatic hydroxyl groups is 1. The molecule has 3 aliphatic carbocycles. The number of hydrogen-bond donors (Lipinski definition) is 5. The molecule has 1 heterocycles. The standard InChI is InChI=1S/C30H50N4O6/c1-2-3-4-5-9-13-22-18-30(22,28(38)39)33-27(37)23-14-10-17-34(23)24(35)19-31-29(40)32-25(26(36)21-15-16-21)20-11-7-6-8-12-20/h20-25,35H,2-19H2,1H3,(H,33,37)(H,38,39)(H2,31,32,40)/t22?,23-,24?,25-,30+/m0/s1. The molecule has 0 bridgehead atoms. The van der Waals surface area contributed by atoms with Crippen LogP contribution in [0.15, 0.2) is 0 Å². The molecule has 226 valence electrons. The number of carbonyl (C=O) groups is 4. The van der Waals surface area contributed by atoms with Gasteiger partial charge in [0.2, 0.25) is 5.91 Å². The number of urea groups is 1. The number of carbonyl (C=O) groups excluding carboxylic acids is 3. The summed E-state index contributed by atoms with van der Waals surface area (Å²) < 4.78 is 0. The van der Waals surface area contributed by atoms with Crippen molar-refractivity contribution in [2.75, 3.05) is 13.1 Å². The van der Waals surface area contributed by atoms with Crippen LogP contribution in [-0.2, 0) is 14.4 Å². The van der Waals surface area contributed by atoms with Gasteiger partial charge in [0, 0.05) is 12.5 Å². The predicted octanol–water partition coefficient (Wildman–Crippen LogP) is 3.32. The van der Waals surface area contributed by atoms with E-state index in [2.05, 4.69) is 22.9 Å². The van der Waals surface area contributed by atoms with Crippen molar-refractivity contribution in [2.45, 2.75) is 134 Å². The molecule has 10 heteroatoms. The molecule has 4 rings (SSSR count). The van der Waals surface area contributed by atoms with E-state index < -0.39 is 35.9 Å². The lowest BCUT2D eigenvalue weighted by Gasteiger charge is -2.31. The summed E-state index contributed by atoms with van der Waals surface area (Å²) in [6.07, 6.45) is 13.9. The van der Waals surface area contributed by atoms with Crippen molar-refractivity contribution in [3.05, 3.63) is 0 Å². The number of Topliss-reactive ketones (excluding diaryl/α,β-unsaturated/α-hetero) is 1. The second-order valence-electron chi connectivity index (χ2n) is 12.7. The van der Waals surface area contributed by atoms with E-state index >= 15 is 0 Å². The van der Waals surface area contributed by atoms with E-state index in [0.29, 0.717) is 25.8 Å². The number of unbranched alkanes of at least 4 members (excludes halogenated alkanes) is 4. The minimum atomic E-state index is -1.21. The zero-order valence-electron chi connectivity index (χ0n) is 24.2. The first-order valence-corrected chi connectivity index (χ1v) is 15.8. The number of rotatable bonds is 16. The normalized spacial score (nSPS) is 28.4. The van der Waals surface area contributed by atoms with Crippen LogP contribution in [0.1, 0.15) is 110 Å². The van der Waals surface area contributed by atoms with Gasteiger partial charge in [0.1, 0.15) is 11.8 Å². The van der Waals surface area contributed by atoms with E-state index in [0.717, 1.165) is 77.0 Å². The highest BCUT2D eigenvalue weighted by molar-refractivity contribution is 5.93. The maximum absolute atomic E-state index is 13.2. The van der Waals surface area contributed by atoms with Crippen LogP contribution < -0.4 is 16.0 Å². The van der Waals surface area contributed by atoms with Crippen LogP contribution in [0.4, 0.5) is 4.79 Å². The lowest BCUT2D eigenvalue weighted by Crippen LogP contribution is -2.56. The van der Waals surface area contributed by atoms with Crippen LogP contribution >= 0.6 is 0 Å². The number of carboxylic acids is 1. The Morgan fingerprint density at radius 2 is 1.68 bits per heavy atom. The van der Waals surface area contributed by atoms with Crippen LogP contribution in [0.25, 0.3) is 0 Å². The highest BCUT2D eigenvalue weighted by Gasteiger charge is 2.61. The fraction of sp³-hybridized carbons (Fsp3) is 0.867. The molecule has 0 spiro atoms. The first-order chi connectivity index (χ1) is 19.3. The van der Waals surface area contributed by atoms with Gasteiger partial charge >= 0.3 is 12.0 Å². The Morgan fingerprint density at radius 1 is 0.950 bits per heavy atom. The van der Waals surface area contributed by atoms with E-state index in [9.17, 15) is 29.4 Å². The van der Waals surface area contributed by atoms with Gasteiger partial charge in [0.15, 0.2) is 5.78 Å². The Labute approximate surface area is 238 Å². The Morgan fingerprint density at radius 3 is 2.35 bits per heavy atom. The number of amides is 3. The third-order valence-corrected chi connectivity index (χ3v) is 9.61. The average molecular weight is 563 g/mol. The van der Waals surface area contributed by atoms with E-state index in [1.54, 1.807) is 4.90 Å². The third-order valence-electron chi connectivity index (χ3n) is 9.61. The van der Waals surface area contributed by atoms with Crippen molar-refractivity contribution in [2.24, 2.45) is 17.8 Å². The summed E-state index contributed by atoms with van der Waals surface area (Å²) in [5.41, 5.74) is -1.21. The van der Waals surface area contributed by atoms with E-state index in [1.807, 2.05) is 0 Å². The van der Waals surface area contributed by atoms with Crippen LogP contribution in [0, 0.1) is 17.8 Å². The topological polar surface area (TPSA) is 148 Å². The fourth-order valence-electron chi connectivity index (χ4n) is 6.88. The smallest absolute Gasteiger partial charge is 0.329 e. The molecular formula is C30H50N4O6. The summed E-state index contributed by atoms with van der Waals surface area (Å²) >= 11 is 0. The van der Waals surface area contributed by atoms with Crippen LogP contribution in [0.3, 0.4) is 0 Å². The number of aliphatic hydroxyl groups excluding tert-OH is 1. The van der Waals surface area contributed by atoms with Gasteiger partial charge in [0.25, 0.3) is 0 Å². The Hall–Kier alpha value is -2.20. The van der Waals surface area contributed by atoms with Gasteiger partial charge in [-0.3, -0.25) is 14.5 Å². The Balaban J connectivity index is 1.25. The van der Waals surface area contributed by atoms with E-state index in [1.165, 1.54) is 6.42 Å². The number of ketones is 1. The predicted molar refractivity (Wildman–Crippen MR) is 150 cm³/mol. The molecule has 4 aliphatic rings. The number of carboxylic acid groups (broad SMARTS) is 1. The number of likely N-dealkylation sites (tertiary alicyclic amines) is 1. The summed E-state index contributed by atoms with van der Waals surface area (Å²) in [6, 6.07) is -1.61. The highest BCUT2D eigenvalue weighted by atomic mass is 16.4. The minimum Gasteiger partial charge on any atom is -0.479 e. The third kappa shape index (κ3) is 7.75. The fourth-order valence-corrected chi connectivity index (χ4v) is 6.88. The molecule has 0 radical (unpaired) electrons. The summed E-state index contributed by atoms with van der Waals surface area (Å²) in [4.78, 5) is 52.7. The average Bonchev–Trinajstić information content (AvgIpc) is 3.86. The minimum absolute atomic E-state index is 0.0582. The number of aliphatic carboxylic acids is 1. The number of nitrogens with zero attached hydrogens (tertiary/aromatic N) is 1. The van der Waals surface area contributed by atoms with Gasteiger partial charge in [-0.1, -0.05) is 58.3 Å². The second kappa shape index (κ2) is 14.1. The molecular weight excluding hydrogens is 512 g/mol. The SMILES string of the molecule is CCCCCCCC1C[C@]1(NC(=O)[C@@H]1CCCN1C(O)CNC(=O)N[C@H](C(=O)C1CC1)C1CCCCC1)C(=O)O. The maximum atomic E-state index is 13.2. The van der Waals surface area contributed by atoms with Gasteiger partial charge in [-0.05, 0) is 63.2 Å². The molecule has 10 nitrogen and oxygen atoms in total. The lowest BCUT2D eigenvalue weighted by atomic mass is 9.81. The monoisotopic (exact) mass is 562 g/mol. The molecule has 2 unspecified atom stereocenters. The Kier molecular flexibility index (Phi) is 10.9. The van der Waals surface area contributed by atoms with Gasteiger partial charge in [-0.25, -0.2) is 9.59 Å². The van der Waals surface area contributed by atoms with E-state index in [-0.39, 0.29) is 36.0 Å². The van der Waals surface area contributed by atoms with Crippen molar-refractivity contribution in [1.82, 2.24) is 20.9 Å². The molecule has 3 saturated carbocycles. The maximum Gasteiger partial charge on any atom is 0.329 e. The molecule has 4 fully saturated rings. The van der Waals surface area contributed by atoms with E-state index in [4.69, 9.17) is 0 Å². The first-order valence-electron chi connectivity index (χ1n) is 15.8. The molecule has 0 aromatic carbocycles. The van der Waals surface area contributed by atoms with Crippen LogP contribution in [0.2, 0.25) is 0 Å². The van der Waals surface area contributed by atoms with Gasteiger partial charge < -0.3 is 26.2 Å². The van der Waals surface area contributed by atoms with Gasteiger partial charge in [-0.15, -0.1) is 0 Å². The quantitative estimate of drug-likeness (QED) is 0.181. The lowest BCUT2D eigenvalue weighted by molar-refractivity contribution is -0.145. The zero-order chi connectivity index (χ0) is 28.7. The van der Waals surface area contributed by atoms with Crippen LogP contribution in [0.5, 0.6) is 0 Å². The molecule has 3 amide bonds. The van der Waals surface area contributed by atoms with Gasteiger partial charge in [0.05, 0.1) is 18.6 Å².